The average Bonchev–Trinajstić information content (AvgIpc) is 2.25. The number of rotatable bonds is 5. The van der Waals surface area contributed by atoms with Crippen molar-refractivity contribution in [2.24, 2.45) is 0 Å². The molecule has 0 aliphatic carbocycles. The van der Waals surface area contributed by atoms with E-state index in [9.17, 15) is 9.59 Å². The van der Waals surface area contributed by atoms with E-state index in [4.69, 9.17) is 9.47 Å². The molecule has 0 saturated carbocycles. The van der Waals surface area contributed by atoms with Gasteiger partial charge in [-0.25, -0.2) is 0 Å². The molecule has 1 rings (SSSR count). The van der Waals surface area contributed by atoms with E-state index in [1.807, 2.05) is 0 Å². The number of carbonyl (C=O) groups excluding carboxylic acids is 2. The van der Waals surface area contributed by atoms with Gasteiger partial charge in [0.2, 0.25) is 0 Å². The van der Waals surface area contributed by atoms with E-state index < -0.39 is 0 Å². The third-order valence-electron chi connectivity index (χ3n) is 1.75. The smallest absolute Gasteiger partial charge is 0.167 e. The summed E-state index contributed by atoms with van der Waals surface area (Å²) in [5.41, 5.74) is 0.502. The third-order valence-corrected chi connectivity index (χ3v) is 1.75. The molecule has 0 bridgehead atoms. The van der Waals surface area contributed by atoms with Crippen molar-refractivity contribution in [2.45, 2.75) is 6.92 Å². The number of ketones is 1. The van der Waals surface area contributed by atoms with Gasteiger partial charge in [-0.3, -0.25) is 9.59 Å². The Labute approximate surface area is 87.8 Å². The van der Waals surface area contributed by atoms with Gasteiger partial charge >= 0.3 is 0 Å². The van der Waals surface area contributed by atoms with Crippen molar-refractivity contribution in [3.63, 3.8) is 0 Å². The van der Waals surface area contributed by atoms with Crippen molar-refractivity contribution in [1.29, 1.82) is 0 Å². The first-order chi connectivity index (χ1) is 7.17. The predicted octanol–water partition coefficient (Wildman–Crippen LogP) is 1.48. The fraction of sp³-hybridized carbons (Fsp3) is 0.273. The highest BCUT2D eigenvalue weighted by Crippen LogP contribution is 2.27. The lowest BCUT2D eigenvalue weighted by Gasteiger charge is -2.09. The number of aldehydes is 1. The minimum Gasteiger partial charge on any atom is -0.493 e. The number of hydrogen-bond acceptors (Lipinski definition) is 4. The molecule has 0 atom stereocenters. The van der Waals surface area contributed by atoms with E-state index in [-0.39, 0.29) is 12.4 Å². The van der Waals surface area contributed by atoms with Crippen LogP contribution in [0.4, 0.5) is 0 Å². The lowest BCUT2D eigenvalue weighted by molar-refractivity contribution is -0.118. The first-order valence-electron chi connectivity index (χ1n) is 4.43. The highest BCUT2D eigenvalue weighted by molar-refractivity contribution is 5.78. The summed E-state index contributed by atoms with van der Waals surface area (Å²) in [5.74, 6) is 0.829. The first-order valence-corrected chi connectivity index (χ1v) is 4.43. The summed E-state index contributed by atoms with van der Waals surface area (Å²) in [4.78, 5) is 21.2. The molecular formula is C11H12O4. The van der Waals surface area contributed by atoms with Crippen LogP contribution < -0.4 is 9.47 Å². The molecule has 0 amide bonds. The van der Waals surface area contributed by atoms with Crippen LogP contribution in [0.1, 0.15) is 17.3 Å². The minimum absolute atomic E-state index is 0.00318. The molecule has 0 fully saturated rings. The molecule has 4 heteroatoms. The normalized spacial score (nSPS) is 9.47. The summed E-state index contributed by atoms with van der Waals surface area (Å²) in [6, 6.07) is 4.76. The van der Waals surface area contributed by atoms with E-state index in [1.54, 1.807) is 18.2 Å². The van der Waals surface area contributed by atoms with Crippen LogP contribution in [0, 0.1) is 0 Å². The summed E-state index contributed by atoms with van der Waals surface area (Å²) in [5, 5.41) is 0. The Morgan fingerprint density at radius 2 is 2.13 bits per heavy atom. The molecule has 0 N–H and O–H groups in total. The fourth-order valence-corrected chi connectivity index (χ4v) is 1.06. The molecule has 0 aromatic heterocycles. The predicted molar refractivity (Wildman–Crippen MR) is 54.6 cm³/mol. The quantitative estimate of drug-likeness (QED) is 0.687. The molecule has 0 aliphatic heterocycles. The number of methoxy groups -OCH3 is 1. The van der Waals surface area contributed by atoms with Gasteiger partial charge in [0.15, 0.2) is 17.3 Å². The Balaban J connectivity index is 2.87. The average molecular weight is 208 g/mol. The molecule has 0 spiro atoms. The van der Waals surface area contributed by atoms with Crippen LogP contribution in [0.25, 0.3) is 0 Å². The standard InChI is InChI=1S/C11H12O4/c1-8(13)7-15-10-4-3-9(6-12)5-11(10)14-2/h3-6H,7H2,1-2H3. The maximum absolute atomic E-state index is 10.7. The van der Waals surface area contributed by atoms with Crippen molar-refractivity contribution >= 4 is 12.1 Å². The Kier molecular flexibility index (Phi) is 3.85. The second kappa shape index (κ2) is 5.14. The van der Waals surface area contributed by atoms with E-state index >= 15 is 0 Å². The van der Waals surface area contributed by atoms with Crippen LogP contribution in [0.15, 0.2) is 18.2 Å². The van der Waals surface area contributed by atoms with Gasteiger partial charge in [-0.15, -0.1) is 0 Å². The third kappa shape index (κ3) is 3.09. The molecular weight excluding hydrogens is 196 g/mol. The zero-order valence-corrected chi connectivity index (χ0v) is 8.65. The largest absolute Gasteiger partial charge is 0.493 e. The van der Waals surface area contributed by atoms with E-state index in [1.165, 1.54) is 14.0 Å². The van der Waals surface area contributed by atoms with Crippen LogP contribution in [-0.2, 0) is 4.79 Å². The number of hydrogen-bond donors (Lipinski definition) is 0. The van der Waals surface area contributed by atoms with Crippen molar-refractivity contribution in [3.05, 3.63) is 23.8 Å². The number of carbonyl (C=O) groups is 2. The number of benzene rings is 1. The van der Waals surface area contributed by atoms with Crippen molar-refractivity contribution in [2.75, 3.05) is 13.7 Å². The molecule has 1 aromatic rings. The Morgan fingerprint density at radius 1 is 1.40 bits per heavy atom. The van der Waals surface area contributed by atoms with Gasteiger partial charge in [0.05, 0.1) is 7.11 Å². The SMILES string of the molecule is COc1cc(C=O)ccc1OCC(C)=O. The van der Waals surface area contributed by atoms with Crippen molar-refractivity contribution in [3.8, 4) is 11.5 Å². The molecule has 15 heavy (non-hydrogen) atoms. The summed E-state index contributed by atoms with van der Waals surface area (Å²) in [6.07, 6.45) is 0.720. The van der Waals surface area contributed by atoms with E-state index in [0.717, 1.165) is 6.29 Å². The van der Waals surface area contributed by atoms with Gasteiger partial charge in [0.25, 0.3) is 0 Å². The fourth-order valence-electron chi connectivity index (χ4n) is 1.06. The van der Waals surface area contributed by atoms with Crippen molar-refractivity contribution in [1.82, 2.24) is 0 Å². The second-order valence-electron chi connectivity index (χ2n) is 3.02. The highest BCUT2D eigenvalue weighted by Gasteiger charge is 2.06. The number of Topliss-reactive ketones (excluding diaryl/α,β-unsaturated/α-hetero) is 1. The van der Waals surface area contributed by atoms with Gasteiger partial charge in [-0.1, -0.05) is 0 Å². The zero-order valence-electron chi connectivity index (χ0n) is 8.65. The second-order valence-corrected chi connectivity index (χ2v) is 3.02. The van der Waals surface area contributed by atoms with E-state index in [0.29, 0.717) is 17.1 Å². The molecule has 0 aliphatic rings. The summed E-state index contributed by atoms with van der Waals surface area (Å²) >= 11 is 0. The summed E-state index contributed by atoms with van der Waals surface area (Å²) < 4.78 is 10.2. The molecule has 0 saturated heterocycles. The zero-order chi connectivity index (χ0) is 11.3. The van der Waals surface area contributed by atoms with Gasteiger partial charge in [-0.2, -0.15) is 0 Å². The lowest BCUT2D eigenvalue weighted by Crippen LogP contribution is -2.07. The highest BCUT2D eigenvalue weighted by atomic mass is 16.5. The maximum Gasteiger partial charge on any atom is 0.167 e. The van der Waals surface area contributed by atoms with Crippen LogP contribution in [0.5, 0.6) is 11.5 Å². The topological polar surface area (TPSA) is 52.6 Å². The van der Waals surface area contributed by atoms with E-state index in [2.05, 4.69) is 0 Å². The molecule has 0 heterocycles. The lowest BCUT2D eigenvalue weighted by atomic mass is 10.2. The van der Waals surface area contributed by atoms with Crippen LogP contribution >= 0.6 is 0 Å². The molecule has 0 radical (unpaired) electrons. The first kappa shape index (κ1) is 11.2. The summed E-state index contributed by atoms with van der Waals surface area (Å²) in [6.45, 7) is 1.43. The Morgan fingerprint density at radius 3 is 2.67 bits per heavy atom. The maximum atomic E-state index is 10.7. The van der Waals surface area contributed by atoms with Crippen LogP contribution in [0.2, 0.25) is 0 Å². The van der Waals surface area contributed by atoms with Crippen molar-refractivity contribution < 1.29 is 19.1 Å². The molecule has 1 aromatic carbocycles. The molecule has 80 valence electrons. The van der Waals surface area contributed by atoms with Gasteiger partial charge in [-0.05, 0) is 25.1 Å². The summed E-state index contributed by atoms with van der Waals surface area (Å²) in [7, 11) is 1.48. The van der Waals surface area contributed by atoms with Crippen LogP contribution in [-0.4, -0.2) is 25.8 Å². The minimum atomic E-state index is -0.0727. The molecule has 0 unspecified atom stereocenters. The van der Waals surface area contributed by atoms with Gasteiger partial charge in [0, 0.05) is 5.56 Å². The van der Waals surface area contributed by atoms with Crippen LogP contribution in [0.3, 0.4) is 0 Å². The van der Waals surface area contributed by atoms with Gasteiger partial charge < -0.3 is 9.47 Å². The Bertz CT molecular complexity index is 371. The monoisotopic (exact) mass is 208 g/mol. The molecule has 4 nitrogen and oxygen atoms in total. The Hall–Kier alpha value is -1.84. The number of ether oxygens (including phenoxy) is 2. The van der Waals surface area contributed by atoms with Gasteiger partial charge in [0.1, 0.15) is 12.9 Å².